The fourth-order valence-corrected chi connectivity index (χ4v) is 5.81. The van der Waals surface area contributed by atoms with Crippen LogP contribution in [0.4, 0.5) is 0 Å². The summed E-state index contributed by atoms with van der Waals surface area (Å²) in [6.45, 7) is 10.9. The summed E-state index contributed by atoms with van der Waals surface area (Å²) >= 11 is 0. The number of aromatic amines is 1. The van der Waals surface area contributed by atoms with Crippen LogP contribution in [0.5, 0.6) is 0 Å². The summed E-state index contributed by atoms with van der Waals surface area (Å²) in [6, 6.07) is 9.39. The van der Waals surface area contributed by atoms with E-state index in [-0.39, 0.29) is 5.56 Å². The van der Waals surface area contributed by atoms with E-state index in [9.17, 15) is 4.79 Å². The molecule has 1 aliphatic heterocycles. The molecule has 184 valence electrons. The van der Waals surface area contributed by atoms with Gasteiger partial charge in [0.2, 0.25) is 0 Å². The Kier molecular flexibility index (Phi) is 6.18. The van der Waals surface area contributed by atoms with Crippen molar-refractivity contribution in [3.05, 3.63) is 75.5 Å². The van der Waals surface area contributed by atoms with E-state index in [1.807, 2.05) is 44.2 Å². The van der Waals surface area contributed by atoms with E-state index in [0.717, 1.165) is 29.9 Å². The predicted octanol–water partition coefficient (Wildman–Crippen LogP) is 5.64. The molecule has 1 N–H and O–H groups in total. The van der Waals surface area contributed by atoms with Crippen LogP contribution in [-0.2, 0) is 14.1 Å². The van der Waals surface area contributed by atoms with Gasteiger partial charge in [-0.3, -0.25) is 14.4 Å². The van der Waals surface area contributed by atoms with Gasteiger partial charge in [-0.1, -0.05) is 19.9 Å². The summed E-state index contributed by atoms with van der Waals surface area (Å²) < 4.78 is 3.58. The van der Waals surface area contributed by atoms with Crippen molar-refractivity contribution in [2.45, 2.75) is 58.4 Å². The number of hydrogen-bond donors (Lipinski definition) is 1. The van der Waals surface area contributed by atoms with Crippen molar-refractivity contribution in [3.63, 3.8) is 0 Å². The highest BCUT2D eigenvalue weighted by Gasteiger charge is 2.26. The lowest BCUT2D eigenvalue weighted by atomic mass is 9.87. The average Bonchev–Trinajstić information content (AvgIpc) is 3.45. The lowest BCUT2D eigenvalue weighted by Crippen LogP contribution is -2.34. The largest absolute Gasteiger partial charge is 0.354 e. The molecule has 1 atom stereocenters. The molecule has 6 heteroatoms. The number of fused-ring (bicyclic) bond motifs is 1. The number of aromatic nitrogens is 4. The number of hydrogen-bond acceptors (Lipinski definition) is 3. The molecule has 0 radical (unpaired) electrons. The number of pyridine rings is 1. The average molecular weight is 472 g/mol. The number of piperidine rings is 1. The second kappa shape index (κ2) is 9.15. The van der Waals surface area contributed by atoms with E-state index in [1.165, 1.54) is 40.4 Å². The quantitative estimate of drug-likeness (QED) is 0.410. The van der Waals surface area contributed by atoms with E-state index >= 15 is 0 Å². The van der Waals surface area contributed by atoms with E-state index in [0.29, 0.717) is 17.9 Å². The van der Waals surface area contributed by atoms with Gasteiger partial charge in [-0.05, 0) is 80.9 Å². The van der Waals surface area contributed by atoms with Gasteiger partial charge in [0.1, 0.15) is 0 Å². The van der Waals surface area contributed by atoms with Crippen molar-refractivity contribution in [2.75, 3.05) is 13.1 Å². The Bertz CT molecular complexity index is 1390. The summed E-state index contributed by atoms with van der Waals surface area (Å²) in [4.78, 5) is 18.5. The number of rotatable bonds is 5. The Morgan fingerprint density at radius 3 is 2.43 bits per heavy atom. The van der Waals surface area contributed by atoms with E-state index < -0.39 is 0 Å². The summed E-state index contributed by atoms with van der Waals surface area (Å²) in [7, 11) is 3.81. The number of aryl methyl sites for hydroxylation is 3. The smallest absolute Gasteiger partial charge is 0.253 e. The zero-order valence-corrected chi connectivity index (χ0v) is 21.8. The van der Waals surface area contributed by atoms with Gasteiger partial charge in [-0.2, -0.15) is 5.10 Å². The highest BCUT2D eigenvalue weighted by molar-refractivity contribution is 5.92. The van der Waals surface area contributed by atoms with E-state index in [2.05, 4.69) is 60.1 Å². The van der Waals surface area contributed by atoms with Crippen LogP contribution in [0.1, 0.15) is 73.7 Å². The van der Waals surface area contributed by atoms with Crippen molar-refractivity contribution in [1.82, 2.24) is 24.2 Å². The first kappa shape index (κ1) is 23.6. The Balaban J connectivity index is 1.43. The van der Waals surface area contributed by atoms with Gasteiger partial charge in [0, 0.05) is 60.1 Å². The van der Waals surface area contributed by atoms with Crippen molar-refractivity contribution < 1.29 is 0 Å². The highest BCUT2D eigenvalue weighted by atomic mass is 16.1. The zero-order chi connectivity index (χ0) is 24.9. The van der Waals surface area contributed by atoms with Crippen LogP contribution in [0, 0.1) is 6.92 Å². The molecule has 0 aliphatic carbocycles. The van der Waals surface area contributed by atoms with Crippen LogP contribution in [-0.4, -0.2) is 37.3 Å². The molecule has 1 fully saturated rings. The van der Waals surface area contributed by atoms with Crippen LogP contribution in [0.3, 0.4) is 0 Å². The molecular weight excluding hydrogens is 434 g/mol. The topological polar surface area (TPSA) is 58.9 Å². The van der Waals surface area contributed by atoms with E-state index in [1.54, 1.807) is 4.57 Å². The summed E-state index contributed by atoms with van der Waals surface area (Å²) in [6.07, 6.45) is 8.42. The fraction of sp³-hybridized carbons (Fsp3) is 0.448. The van der Waals surface area contributed by atoms with Crippen LogP contribution in [0.15, 0.2) is 47.7 Å². The third-order valence-corrected chi connectivity index (χ3v) is 7.85. The molecule has 1 saturated heterocycles. The van der Waals surface area contributed by atoms with Crippen LogP contribution >= 0.6 is 0 Å². The monoisotopic (exact) mass is 471 g/mol. The summed E-state index contributed by atoms with van der Waals surface area (Å²) in [5, 5.41) is 5.66. The lowest BCUT2D eigenvalue weighted by Gasteiger charge is -2.36. The van der Waals surface area contributed by atoms with E-state index in [4.69, 9.17) is 0 Å². The maximum atomic E-state index is 12.3. The minimum absolute atomic E-state index is 0.0578. The zero-order valence-electron chi connectivity index (χ0n) is 21.8. The Morgan fingerprint density at radius 1 is 1.06 bits per heavy atom. The Morgan fingerprint density at radius 2 is 1.80 bits per heavy atom. The molecule has 6 nitrogen and oxygen atoms in total. The third-order valence-electron chi connectivity index (χ3n) is 7.85. The molecule has 4 heterocycles. The highest BCUT2D eigenvalue weighted by Crippen LogP contribution is 2.39. The van der Waals surface area contributed by atoms with Crippen molar-refractivity contribution >= 4 is 10.9 Å². The molecule has 0 amide bonds. The van der Waals surface area contributed by atoms with Crippen molar-refractivity contribution in [1.29, 1.82) is 0 Å². The normalized spacial score (nSPS) is 16.4. The van der Waals surface area contributed by atoms with Gasteiger partial charge in [-0.25, -0.2) is 0 Å². The number of nitrogens with one attached hydrogen (secondary N) is 1. The molecular formula is C29H37N5O. The van der Waals surface area contributed by atoms with Crippen LogP contribution in [0.2, 0.25) is 0 Å². The van der Waals surface area contributed by atoms with Crippen molar-refractivity contribution in [3.8, 4) is 11.3 Å². The SMILES string of the molecule is Cc1cc(-c2[nH]c3ccc(C4CCN(C(C)c5cnn(C)c5)CC4)cc3c2C(C)C)cn(C)c1=O. The van der Waals surface area contributed by atoms with Gasteiger partial charge in [0.15, 0.2) is 0 Å². The van der Waals surface area contributed by atoms with Gasteiger partial charge >= 0.3 is 0 Å². The summed E-state index contributed by atoms with van der Waals surface area (Å²) in [5.41, 5.74) is 8.27. The molecule has 3 aromatic heterocycles. The van der Waals surface area contributed by atoms with Gasteiger partial charge in [-0.15, -0.1) is 0 Å². The minimum atomic E-state index is 0.0578. The van der Waals surface area contributed by atoms with Gasteiger partial charge in [0.25, 0.3) is 5.56 Å². The maximum absolute atomic E-state index is 12.3. The molecule has 0 spiro atoms. The second-order valence-electron chi connectivity index (χ2n) is 10.6. The number of H-pyrrole nitrogens is 1. The molecule has 0 bridgehead atoms. The van der Waals surface area contributed by atoms with Crippen molar-refractivity contribution in [2.24, 2.45) is 14.1 Å². The molecule has 1 unspecified atom stereocenters. The predicted molar refractivity (Wildman–Crippen MR) is 143 cm³/mol. The molecule has 5 rings (SSSR count). The number of nitrogens with zero attached hydrogens (tertiary/aromatic N) is 4. The van der Waals surface area contributed by atoms with Crippen LogP contribution in [0.25, 0.3) is 22.2 Å². The number of likely N-dealkylation sites (tertiary alicyclic amines) is 1. The maximum Gasteiger partial charge on any atom is 0.253 e. The molecule has 35 heavy (non-hydrogen) atoms. The second-order valence-corrected chi connectivity index (χ2v) is 10.6. The molecule has 0 saturated carbocycles. The first-order valence-electron chi connectivity index (χ1n) is 12.8. The van der Waals surface area contributed by atoms with Gasteiger partial charge < -0.3 is 9.55 Å². The third kappa shape index (κ3) is 4.36. The summed E-state index contributed by atoms with van der Waals surface area (Å²) in [5.74, 6) is 0.948. The first-order valence-corrected chi connectivity index (χ1v) is 12.8. The van der Waals surface area contributed by atoms with Gasteiger partial charge in [0.05, 0.1) is 11.9 Å². The fourth-order valence-electron chi connectivity index (χ4n) is 5.81. The molecule has 1 aromatic carbocycles. The number of benzene rings is 1. The minimum Gasteiger partial charge on any atom is -0.354 e. The van der Waals surface area contributed by atoms with Crippen LogP contribution < -0.4 is 5.56 Å². The lowest BCUT2D eigenvalue weighted by molar-refractivity contribution is 0.162. The Labute approximate surface area is 207 Å². The Hall–Kier alpha value is -3.12. The standard InChI is InChI=1S/C29H37N5O/c1-18(2)27-25-14-22(21-9-11-34(12-10-21)20(4)24-15-30-33(6)17-24)7-8-26(25)31-28(27)23-13-19(3)29(35)32(5)16-23/h7-8,13-18,20-21,31H,9-12H2,1-6H3. The molecule has 1 aliphatic rings. The molecule has 4 aromatic rings. The first-order chi connectivity index (χ1) is 16.7.